The molecule has 1 atom stereocenters. The van der Waals surface area contributed by atoms with Crippen LogP contribution in [-0.4, -0.2) is 22.8 Å². The Kier molecular flexibility index (Phi) is 3.27. The summed E-state index contributed by atoms with van der Waals surface area (Å²) < 4.78 is 2.12. The van der Waals surface area contributed by atoms with Crippen LogP contribution >= 0.6 is 0 Å². The van der Waals surface area contributed by atoms with Crippen LogP contribution in [0.25, 0.3) is 10.9 Å². The van der Waals surface area contributed by atoms with E-state index >= 15 is 0 Å². The second-order valence-corrected chi connectivity index (χ2v) is 4.20. The Labute approximate surface area is 95.7 Å². The maximum absolute atomic E-state index is 9.47. The molecule has 2 N–H and O–H groups in total. The van der Waals surface area contributed by atoms with E-state index in [4.69, 9.17) is 0 Å². The third kappa shape index (κ3) is 2.10. The fraction of sp³-hybridized carbons (Fsp3) is 0.385. The number of fused-ring (bicyclic) bond motifs is 1. The van der Waals surface area contributed by atoms with Crippen molar-refractivity contribution < 1.29 is 5.11 Å². The van der Waals surface area contributed by atoms with Gasteiger partial charge in [0.2, 0.25) is 0 Å². The Bertz CT molecular complexity index is 474. The van der Waals surface area contributed by atoms with Crippen molar-refractivity contribution in [3.63, 3.8) is 0 Å². The molecular formula is C13H18N2O. The van der Waals surface area contributed by atoms with Crippen LogP contribution in [0.2, 0.25) is 0 Å². The van der Waals surface area contributed by atoms with Crippen molar-refractivity contribution in [3.05, 3.63) is 36.0 Å². The van der Waals surface area contributed by atoms with Crippen molar-refractivity contribution >= 4 is 10.9 Å². The van der Waals surface area contributed by atoms with Crippen LogP contribution in [0.4, 0.5) is 0 Å². The molecular weight excluding hydrogens is 200 g/mol. The van der Waals surface area contributed by atoms with Crippen LogP contribution in [0.15, 0.2) is 30.5 Å². The summed E-state index contributed by atoms with van der Waals surface area (Å²) in [5.74, 6) is 0. The summed E-state index contributed by atoms with van der Waals surface area (Å²) in [6, 6.07) is 8.39. The summed E-state index contributed by atoms with van der Waals surface area (Å²) in [5.41, 5.74) is 2.49. The van der Waals surface area contributed by atoms with Crippen LogP contribution in [-0.2, 0) is 13.1 Å². The molecule has 0 bridgehead atoms. The minimum Gasteiger partial charge on any atom is -0.392 e. The number of aliphatic hydroxyl groups excluding tert-OH is 1. The molecule has 0 fully saturated rings. The molecule has 2 rings (SSSR count). The standard InChI is InChI=1S/C13H18N2O/c1-10(16)9-15-7-6-11-4-3-5-12(8-14-2)13(11)15/h3-7,10,14,16H,8-9H2,1-2H3. The molecule has 0 aliphatic rings. The third-order valence-electron chi connectivity index (χ3n) is 2.70. The first kappa shape index (κ1) is 11.2. The first-order chi connectivity index (χ1) is 7.72. The molecule has 16 heavy (non-hydrogen) atoms. The fourth-order valence-corrected chi connectivity index (χ4v) is 2.11. The average molecular weight is 218 g/mol. The summed E-state index contributed by atoms with van der Waals surface area (Å²) >= 11 is 0. The van der Waals surface area contributed by atoms with Gasteiger partial charge >= 0.3 is 0 Å². The topological polar surface area (TPSA) is 37.2 Å². The van der Waals surface area contributed by atoms with Gasteiger partial charge in [-0.05, 0) is 31.0 Å². The molecule has 1 unspecified atom stereocenters. The Balaban J connectivity index is 2.49. The molecule has 3 heteroatoms. The Hall–Kier alpha value is -1.32. The van der Waals surface area contributed by atoms with Gasteiger partial charge in [-0.25, -0.2) is 0 Å². The number of para-hydroxylation sites is 1. The van der Waals surface area contributed by atoms with E-state index in [2.05, 4.69) is 34.1 Å². The molecule has 1 aromatic carbocycles. The van der Waals surface area contributed by atoms with Gasteiger partial charge in [0.05, 0.1) is 11.6 Å². The number of benzene rings is 1. The lowest BCUT2D eigenvalue weighted by molar-refractivity contribution is 0.175. The van der Waals surface area contributed by atoms with Gasteiger partial charge in [0.25, 0.3) is 0 Å². The van der Waals surface area contributed by atoms with Gasteiger partial charge in [-0.15, -0.1) is 0 Å². The number of hydrogen-bond donors (Lipinski definition) is 2. The highest BCUT2D eigenvalue weighted by atomic mass is 16.3. The van der Waals surface area contributed by atoms with E-state index in [0.29, 0.717) is 6.54 Å². The van der Waals surface area contributed by atoms with Crippen molar-refractivity contribution in [2.45, 2.75) is 26.1 Å². The highest BCUT2D eigenvalue weighted by molar-refractivity contribution is 5.83. The lowest BCUT2D eigenvalue weighted by atomic mass is 10.1. The van der Waals surface area contributed by atoms with Gasteiger partial charge in [-0.3, -0.25) is 0 Å². The maximum atomic E-state index is 9.47. The number of nitrogens with zero attached hydrogens (tertiary/aromatic N) is 1. The normalized spacial score (nSPS) is 13.2. The number of rotatable bonds is 4. The maximum Gasteiger partial charge on any atom is 0.0691 e. The smallest absolute Gasteiger partial charge is 0.0691 e. The lowest BCUT2D eigenvalue weighted by Gasteiger charge is -2.11. The Morgan fingerprint density at radius 1 is 1.38 bits per heavy atom. The van der Waals surface area contributed by atoms with Crippen LogP contribution in [0.1, 0.15) is 12.5 Å². The summed E-state index contributed by atoms with van der Waals surface area (Å²) in [6.07, 6.45) is 1.72. The SMILES string of the molecule is CNCc1cccc2ccn(CC(C)O)c12. The zero-order valence-electron chi connectivity index (χ0n) is 9.77. The van der Waals surface area contributed by atoms with Gasteiger partial charge in [-0.1, -0.05) is 18.2 Å². The molecule has 0 spiro atoms. The van der Waals surface area contributed by atoms with Crippen LogP contribution < -0.4 is 5.32 Å². The molecule has 0 amide bonds. The van der Waals surface area contributed by atoms with Gasteiger partial charge in [-0.2, -0.15) is 0 Å². The van der Waals surface area contributed by atoms with Crippen LogP contribution in [0, 0.1) is 0 Å². The van der Waals surface area contributed by atoms with Crippen molar-refractivity contribution in [3.8, 4) is 0 Å². The van der Waals surface area contributed by atoms with E-state index in [1.54, 1.807) is 0 Å². The molecule has 2 aromatic rings. The van der Waals surface area contributed by atoms with E-state index in [1.807, 2.05) is 20.2 Å². The monoisotopic (exact) mass is 218 g/mol. The quantitative estimate of drug-likeness (QED) is 0.820. The van der Waals surface area contributed by atoms with Gasteiger partial charge < -0.3 is 15.0 Å². The van der Waals surface area contributed by atoms with Crippen LogP contribution in [0.5, 0.6) is 0 Å². The number of nitrogens with one attached hydrogen (secondary N) is 1. The third-order valence-corrected chi connectivity index (χ3v) is 2.70. The zero-order chi connectivity index (χ0) is 11.5. The minimum atomic E-state index is -0.321. The Morgan fingerprint density at radius 3 is 2.88 bits per heavy atom. The van der Waals surface area contributed by atoms with E-state index in [1.165, 1.54) is 16.5 Å². The average Bonchev–Trinajstić information content (AvgIpc) is 2.62. The van der Waals surface area contributed by atoms with Crippen molar-refractivity contribution in [1.29, 1.82) is 0 Å². The largest absolute Gasteiger partial charge is 0.392 e. The summed E-state index contributed by atoms with van der Waals surface area (Å²) in [7, 11) is 1.95. The van der Waals surface area contributed by atoms with E-state index in [-0.39, 0.29) is 6.10 Å². The van der Waals surface area contributed by atoms with Gasteiger partial charge in [0.1, 0.15) is 0 Å². The predicted octanol–water partition coefficient (Wildman–Crippen LogP) is 1.74. The van der Waals surface area contributed by atoms with E-state index < -0.39 is 0 Å². The van der Waals surface area contributed by atoms with Crippen molar-refractivity contribution in [2.75, 3.05) is 7.05 Å². The van der Waals surface area contributed by atoms with Crippen LogP contribution in [0.3, 0.4) is 0 Å². The lowest BCUT2D eigenvalue weighted by Crippen LogP contribution is -2.12. The highest BCUT2D eigenvalue weighted by Crippen LogP contribution is 2.20. The first-order valence-corrected chi connectivity index (χ1v) is 5.61. The molecule has 3 nitrogen and oxygen atoms in total. The summed E-state index contributed by atoms with van der Waals surface area (Å²) in [4.78, 5) is 0. The van der Waals surface area contributed by atoms with Gasteiger partial charge in [0, 0.05) is 19.3 Å². The second-order valence-electron chi connectivity index (χ2n) is 4.20. The summed E-state index contributed by atoms with van der Waals surface area (Å²) in [5, 5.41) is 13.9. The number of hydrogen-bond acceptors (Lipinski definition) is 2. The summed E-state index contributed by atoms with van der Waals surface area (Å²) in [6.45, 7) is 3.30. The first-order valence-electron chi connectivity index (χ1n) is 5.61. The fourth-order valence-electron chi connectivity index (χ4n) is 2.11. The molecule has 0 radical (unpaired) electrons. The minimum absolute atomic E-state index is 0.321. The molecule has 1 heterocycles. The van der Waals surface area contributed by atoms with Crippen molar-refractivity contribution in [1.82, 2.24) is 9.88 Å². The van der Waals surface area contributed by atoms with E-state index in [9.17, 15) is 5.11 Å². The number of aromatic nitrogens is 1. The molecule has 0 aliphatic carbocycles. The van der Waals surface area contributed by atoms with Crippen molar-refractivity contribution in [2.24, 2.45) is 0 Å². The van der Waals surface area contributed by atoms with E-state index in [0.717, 1.165) is 6.54 Å². The second kappa shape index (κ2) is 4.68. The number of aliphatic hydroxyl groups is 1. The molecule has 1 aromatic heterocycles. The molecule has 86 valence electrons. The molecule has 0 saturated heterocycles. The van der Waals surface area contributed by atoms with Gasteiger partial charge in [0.15, 0.2) is 0 Å². The molecule has 0 saturated carbocycles. The molecule has 0 aliphatic heterocycles. The zero-order valence-corrected chi connectivity index (χ0v) is 9.77. The predicted molar refractivity (Wildman–Crippen MR) is 66.4 cm³/mol. The highest BCUT2D eigenvalue weighted by Gasteiger charge is 2.07. The Morgan fingerprint density at radius 2 is 2.19 bits per heavy atom.